The van der Waals surface area contributed by atoms with E-state index in [4.69, 9.17) is 0 Å². The molecule has 0 saturated carbocycles. The Kier molecular flexibility index (Phi) is 3.89. The van der Waals surface area contributed by atoms with Gasteiger partial charge >= 0.3 is 0 Å². The minimum atomic E-state index is 0.456. The number of hydrogen-bond donors (Lipinski definition) is 0. The van der Waals surface area contributed by atoms with Crippen molar-refractivity contribution in [2.24, 2.45) is 0 Å². The van der Waals surface area contributed by atoms with Crippen molar-refractivity contribution in [2.75, 3.05) is 6.54 Å². The molecule has 0 aromatic carbocycles. The van der Waals surface area contributed by atoms with Crippen LogP contribution in [-0.4, -0.2) is 21.4 Å². The number of thiazole rings is 1. The van der Waals surface area contributed by atoms with Crippen molar-refractivity contribution in [3.63, 3.8) is 0 Å². The van der Waals surface area contributed by atoms with E-state index in [1.54, 1.807) is 11.3 Å². The Hall–Kier alpha value is -1.26. The molecule has 1 aliphatic rings. The molecule has 0 aliphatic carbocycles. The van der Waals surface area contributed by atoms with Crippen molar-refractivity contribution in [3.8, 4) is 0 Å². The van der Waals surface area contributed by atoms with Gasteiger partial charge in [0.05, 0.1) is 22.4 Å². The zero-order chi connectivity index (χ0) is 13.1. The van der Waals surface area contributed by atoms with E-state index in [2.05, 4.69) is 39.3 Å². The van der Waals surface area contributed by atoms with Crippen molar-refractivity contribution in [1.82, 2.24) is 14.9 Å². The Bertz CT molecular complexity index is 523. The summed E-state index contributed by atoms with van der Waals surface area (Å²) in [6.07, 6.45) is 5.69. The van der Waals surface area contributed by atoms with Crippen molar-refractivity contribution in [1.29, 1.82) is 0 Å². The normalized spacial score (nSPS) is 20.6. The molecule has 4 heteroatoms. The highest BCUT2D eigenvalue weighted by atomic mass is 32.1. The predicted molar refractivity (Wildman–Crippen MR) is 78.1 cm³/mol. The average Bonchev–Trinajstić information content (AvgIpc) is 2.86. The fourth-order valence-corrected chi connectivity index (χ4v) is 3.38. The van der Waals surface area contributed by atoms with E-state index in [9.17, 15) is 0 Å². The van der Waals surface area contributed by atoms with Crippen molar-refractivity contribution < 1.29 is 0 Å². The quantitative estimate of drug-likeness (QED) is 0.856. The molecule has 1 atom stereocenters. The number of piperidine rings is 1. The van der Waals surface area contributed by atoms with Crippen LogP contribution in [0.2, 0.25) is 0 Å². The minimum absolute atomic E-state index is 0.456. The van der Waals surface area contributed by atoms with Gasteiger partial charge in [0.2, 0.25) is 0 Å². The maximum absolute atomic E-state index is 4.59. The lowest BCUT2D eigenvalue weighted by Crippen LogP contribution is -2.33. The molecule has 3 rings (SSSR count). The Morgan fingerprint density at radius 1 is 1.37 bits per heavy atom. The fraction of sp³-hybridized carbons (Fsp3) is 0.467. The van der Waals surface area contributed by atoms with Crippen LogP contribution in [0.25, 0.3) is 0 Å². The number of pyridine rings is 1. The van der Waals surface area contributed by atoms with Crippen molar-refractivity contribution in [3.05, 3.63) is 46.2 Å². The molecule has 0 N–H and O–H groups in total. The molecule has 100 valence electrons. The summed E-state index contributed by atoms with van der Waals surface area (Å²) in [6, 6.07) is 6.68. The molecule has 0 radical (unpaired) electrons. The van der Waals surface area contributed by atoms with Crippen molar-refractivity contribution >= 4 is 11.3 Å². The lowest BCUT2D eigenvalue weighted by molar-refractivity contribution is 0.136. The van der Waals surface area contributed by atoms with Crippen LogP contribution in [0.15, 0.2) is 29.8 Å². The molecule has 0 amide bonds. The van der Waals surface area contributed by atoms with Crippen LogP contribution in [0.3, 0.4) is 0 Å². The Labute approximate surface area is 118 Å². The van der Waals surface area contributed by atoms with Gasteiger partial charge in [-0.3, -0.25) is 9.88 Å². The topological polar surface area (TPSA) is 29.0 Å². The van der Waals surface area contributed by atoms with Gasteiger partial charge in [-0.25, -0.2) is 4.98 Å². The molecule has 0 spiro atoms. The second kappa shape index (κ2) is 5.80. The summed E-state index contributed by atoms with van der Waals surface area (Å²) in [4.78, 5) is 11.7. The average molecular weight is 273 g/mol. The lowest BCUT2D eigenvalue weighted by atomic mass is 9.98. The maximum Gasteiger partial charge on any atom is 0.0897 e. The van der Waals surface area contributed by atoms with E-state index < -0.39 is 0 Å². The molecule has 2 aromatic heterocycles. The molecule has 1 aliphatic heterocycles. The molecule has 0 bridgehead atoms. The zero-order valence-corrected chi connectivity index (χ0v) is 12.1. The zero-order valence-electron chi connectivity index (χ0n) is 11.2. The monoisotopic (exact) mass is 273 g/mol. The molecule has 1 fully saturated rings. The first kappa shape index (κ1) is 12.8. The van der Waals surface area contributed by atoms with E-state index in [0.29, 0.717) is 6.04 Å². The number of hydrogen-bond acceptors (Lipinski definition) is 4. The molecule has 3 nitrogen and oxygen atoms in total. The van der Waals surface area contributed by atoms with Gasteiger partial charge < -0.3 is 0 Å². The first-order valence-corrected chi connectivity index (χ1v) is 7.77. The third-order valence-corrected chi connectivity index (χ3v) is 4.50. The third kappa shape index (κ3) is 3.01. The smallest absolute Gasteiger partial charge is 0.0897 e. The molecular weight excluding hydrogens is 254 g/mol. The van der Waals surface area contributed by atoms with Gasteiger partial charge in [0, 0.05) is 18.1 Å². The van der Waals surface area contributed by atoms with Crippen molar-refractivity contribution in [2.45, 2.75) is 38.8 Å². The first-order valence-electron chi connectivity index (χ1n) is 6.89. The Balaban J connectivity index is 1.77. The van der Waals surface area contributed by atoms with Crippen LogP contribution in [0, 0.1) is 6.92 Å². The molecular formula is C15H19N3S. The standard InChI is InChI=1S/C15H19N3S/c1-12-17-13(11-19-12)10-18-9-5-3-7-15(18)14-6-2-4-8-16-14/h2,4,6,8,11,15H,3,5,7,9-10H2,1H3/t15-/m1/s1. The van der Waals surface area contributed by atoms with Crippen LogP contribution >= 0.6 is 11.3 Å². The summed E-state index contributed by atoms with van der Waals surface area (Å²) < 4.78 is 0. The van der Waals surface area contributed by atoms with E-state index in [1.165, 1.54) is 30.7 Å². The second-order valence-corrected chi connectivity index (χ2v) is 6.16. The van der Waals surface area contributed by atoms with Crippen LogP contribution in [0.1, 0.15) is 41.7 Å². The van der Waals surface area contributed by atoms with Crippen LogP contribution in [0.5, 0.6) is 0 Å². The summed E-state index contributed by atoms with van der Waals surface area (Å²) in [5, 5.41) is 3.33. The van der Waals surface area contributed by atoms with Crippen LogP contribution in [0.4, 0.5) is 0 Å². The van der Waals surface area contributed by atoms with Gasteiger partial charge in [-0.15, -0.1) is 11.3 Å². The van der Waals surface area contributed by atoms with E-state index in [-0.39, 0.29) is 0 Å². The number of aromatic nitrogens is 2. The first-order chi connectivity index (χ1) is 9.33. The maximum atomic E-state index is 4.59. The van der Waals surface area contributed by atoms with Gasteiger partial charge in [-0.05, 0) is 38.4 Å². The number of likely N-dealkylation sites (tertiary alicyclic amines) is 1. The fourth-order valence-electron chi connectivity index (χ4n) is 2.78. The van der Waals surface area contributed by atoms with E-state index in [1.807, 2.05) is 12.3 Å². The summed E-state index contributed by atoms with van der Waals surface area (Å²) in [5.41, 5.74) is 2.40. The molecule has 2 aromatic rings. The Morgan fingerprint density at radius 3 is 3.05 bits per heavy atom. The number of nitrogens with zero attached hydrogens (tertiary/aromatic N) is 3. The van der Waals surface area contributed by atoms with E-state index in [0.717, 1.165) is 18.1 Å². The molecule has 3 heterocycles. The Morgan fingerprint density at radius 2 is 2.32 bits per heavy atom. The van der Waals surface area contributed by atoms with Crippen LogP contribution < -0.4 is 0 Å². The highest BCUT2D eigenvalue weighted by Gasteiger charge is 2.25. The molecule has 1 saturated heterocycles. The predicted octanol–water partition coefficient (Wildman–Crippen LogP) is 3.57. The van der Waals surface area contributed by atoms with Gasteiger partial charge in [-0.2, -0.15) is 0 Å². The third-order valence-electron chi connectivity index (χ3n) is 3.67. The molecule has 19 heavy (non-hydrogen) atoms. The largest absolute Gasteiger partial charge is 0.289 e. The number of rotatable bonds is 3. The summed E-state index contributed by atoms with van der Waals surface area (Å²) in [7, 11) is 0. The lowest BCUT2D eigenvalue weighted by Gasteiger charge is -2.34. The highest BCUT2D eigenvalue weighted by molar-refractivity contribution is 7.09. The SMILES string of the molecule is Cc1nc(CN2CCCC[C@@H]2c2ccccn2)cs1. The van der Waals surface area contributed by atoms with Gasteiger partial charge in [-0.1, -0.05) is 12.5 Å². The molecule has 0 unspecified atom stereocenters. The highest BCUT2D eigenvalue weighted by Crippen LogP contribution is 2.30. The van der Waals surface area contributed by atoms with Gasteiger partial charge in [0.25, 0.3) is 0 Å². The summed E-state index contributed by atoms with van der Waals surface area (Å²) >= 11 is 1.74. The summed E-state index contributed by atoms with van der Waals surface area (Å²) in [6.45, 7) is 4.17. The second-order valence-electron chi connectivity index (χ2n) is 5.09. The van der Waals surface area contributed by atoms with Gasteiger partial charge in [0.1, 0.15) is 0 Å². The summed E-state index contributed by atoms with van der Waals surface area (Å²) in [5.74, 6) is 0. The van der Waals surface area contributed by atoms with E-state index >= 15 is 0 Å². The van der Waals surface area contributed by atoms with Gasteiger partial charge in [0.15, 0.2) is 0 Å². The number of aryl methyl sites for hydroxylation is 1. The van der Waals surface area contributed by atoms with Crippen LogP contribution in [-0.2, 0) is 6.54 Å². The minimum Gasteiger partial charge on any atom is -0.289 e.